The molecule has 0 aliphatic heterocycles. The van der Waals surface area contributed by atoms with E-state index in [2.05, 4.69) is 207 Å². The lowest BCUT2D eigenvalue weighted by Gasteiger charge is -2.27. The molecule has 0 fully saturated rings. The molecule has 1 aliphatic rings. The van der Waals surface area contributed by atoms with Gasteiger partial charge in [-0.25, -0.2) is 0 Å². The van der Waals surface area contributed by atoms with Gasteiger partial charge >= 0.3 is 0 Å². The molecule has 9 rings (SSSR count). The van der Waals surface area contributed by atoms with E-state index in [4.69, 9.17) is 0 Å². The second-order valence-electron chi connectivity index (χ2n) is 13.7. The minimum Gasteiger partial charge on any atom is -0.311 e. The number of nitrogens with zero attached hydrogens (tertiary/aromatic N) is 1. The lowest BCUT2D eigenvalue weighted by Crippen LogP contribution is -2.15. The lowest BCUT2D eigenvalue weighted by atomic mass is 9.77. The van der Waals surface area contributed by atoms with Gasteiger partial charge in [-0.3, -0.25) is 0 Å². The van der Waals surface area contributed by atoms with Crippen molar-refractivity contribution in [2.24, 2.45) is 0 Å². The molecule has 0 N–H and O–H groups in total. The third kappa shape index (κ3) is 4.85. The van der Waals surface area contributed by atoms with Gasteiger partial charge in [0.2, 0.25) is 0 Å². The van der Waals surface area contributed by atoms with E-state index in [1.807, 2.05) is 0 Å². The largest absolute Gasteiger partial charge is 0.311 e. The summed E-state index contributed by atoms with van der Waals surface area (Å²) in [7, 11) is 0. The number of benzene rings is 8. The Labute approximate surface area is 294 Å². The van der Waals surface area contributed by atoms with Gasteiger partial charge in [0.25, 0.3) is 0 Å². The predicted octanol–water partition coefficient (Wildman–Crippen LogP) is 13.6. The maximum Gasteiger partial charge on any atom is 0.0462 e. The first-order valence-electron chi connectivity index (χ1n) is 17.5. The van der Waals surface area contributed by atoms with Crippen molar-refractivity contribution in [1.82, 2.24) is 0 Å². The molecule has 0 aromatic heterocycles. The summed E-state index contributed by atoms with van der Waals surface area (Å²) in [5.74, 6) is 0. The fourth-order valence-electron chi connectivity index (χ4n) is 8.17. The number of fused-ring (bicyclic) bond motifs is 5. The summed E-state index contributed by atoms with van der Waals surface area (Å²) in [5.41, 5.74) is 16.2. The first kappa shape index (κ1) is 29.9. The van der Waals surface area contributed by atoms with Crippen LogP contribution < -0.4 is 4.90 Å². The topological polar surface area (TPSA) is 3.24 Å². The van der Waals surface area contributed by atoms with E-state index in [0.717, 1.165) is 17.1 Å². The van der Waals surface area contributed by atoms with Gasteiger partial charge in [-0.2, -0.15) is 0 Å². The molecule has 0 radical (unpaired) electrons. The third-order valence-electron chi connectivity index (χ3n) is 10.4. The Morgan fingerprint density at radius 2 is 0.780 bits per heavy atom. The Morgan fingerprint density at radius 1 is 0.340 bits per heavy atom. The second-order valence-corrected chi connectivity index (χ2v) is 13.7. The van der Waals surface area contributed by atoms with Gasteiger partial charge < -0.3 is 4.90 Å². The highest BCUT2D eigenvalue weighted by atomic mass is 15.1. The Kier molecular flexibility index (Phi) is 7.21. The highest BCUT2D eigenvalue weighted by molar-refractivity contribution is 6.14. The minimum atomic E-state index is -0.121. The Morgan fingerprint density at radius 3 is 1.42 bits per heavy atom. The molecule has 0 saturated heterocycles. The monoisotopic (exact) mass is 639 g/mol. The summed E-state index contributed by atoms with van der Waals surface area (Å²) in [6, 6.07) is 68.3. The van der Waals surface area contributed by atoms with Gasteiger partial charge in [-0.15, -0.1) is 0 Å². The van der Waals surface area contributed by atoms with Crippen molar-refractivity contribution in [3.8, 4) is 44.5 Å². The van der Waals surface area contributed by atoms with E-state index < -0.39 is 0 Å². The molecule has 0 bridgehead atoms. The van der Waals surface area contributed by atoms with Gasteiger partial charge in [-0.1, -0.05) is 166 Å². The predicted molar refractivity (Wildman–Crippen MR) is 213 cm³/mol. The first-order chi connectivity index (χ1) is 24.6. The van der Waals surface area contributed by atoms with Crippen LogP contribution in [0.4, 0.5) is 17.1 Å². The first-order valence-corrected chi connectivity index (χ1v) is 17.5. The van der Waals surface area contributed by atoms with Gasteiger partial charge in [0.15, 0.2) is 0 Å². The van der Waals surface area contributed by atoms with Crippen LogP contribution in [0, 0.1) is 0 Å². The zero-order chi connectivity index (χ0) is 33.7. The molecular formula is C49H37N. The maximum atomic E-state index is 2.39. The van der Waals surface area contributed by atoms with Crippen LogP contribution in [0.3, 0.4) is 0 Å². The van der Waals surface area contributed by atoms with E-state index >= 15 is 0 Å². The zero-order valence-corrected chi connectivity index (χ0v) is 28.3. The standard InChI is InChI=1S/C49H37N/c1-49(2)44-25-15-14-24-43(44)47-46(36-18-8-4-9-19-36)45(41-22-12-13-23-42(41)48(47)49)37-28-32-40(33-29-37)50(38-20-10-5-11-21-38)39-30-26-35(27-31-39)34-16-6-3-7-17-34/h3-33H,1-2H3. The van der Waals surface area contributed by atoms with Crippen LogP contribution in [0.15, 0.2) is 188 Å². The number of rotatable bonds is 6. The van der Waals surface area contributed by atoms with E-state index in [-0.39, 0.29) is 5.41 Å². The summed E-state index contributed by atoms with van der Waals surface area (Å²) in [6.07, 6.45) is 0. The molecule has 8 aromatic rings. The average molecular weight is 640 g/mol. The maximum absolute atomic E-state index is 2.39. The highest BCUT2D eigenvalue weighted by Crippen LogP contribution is 2.57. The van der Waals surface area contributed by atoms with Crippen LogP contribution in [0.5, 0.6) is 0 Å². The number of para-hydroxylation sites is 1. The van der Waals surface area contributed by atoms with Crippen LogP contribution in [0.1, 0.15) is 25.0 Å². The average Bonchev–Trinajstić information content (AvgIpc) is 3.42. The van der Waals surface area contributed by atoms with Crippen LogP contribution in [-0.2, 0) is 5.41 Å². The van der Waals surface area contributed by atoms with Crippen LogP contribution in [0.2, 0.25) is 0 Å². The van der Waals surface area contributed by atoms with Crippen LogP contribution in [-0.4, -0.2) is 0 Å². The van der Waals surface area contributed by atoms with E-state index in [0.29, 0.717) is 0 Å². The van der Waals surface area contributed by atoms with E-state index in [9.17, 15) is 0 Å². The molecule has 1 aliphatic carbocycles. The van der Waals surface area contributed by atoms with Crippen molar-refractivity contribution in [3.63, 3.8) is 0 Å². The fraction of sp³-hybridized carbons (Fsp3) is 0.0612. The van der Waals surface area contributed by atoms with Crippen molar-refractivity contribution >= 4 is 27.8 Å². The molecule has 238 valence electrons. The molecule has 0 amide bonds. The van der Waals surface area contributed by atoms with Gasteiger partial charge in [0, 0.05) is 22.5 Å². The zero-order valence-electron chi connectivity index (χ0n) is 28.3. The van der Waals surface area contributed by atoms with Gasteiger partial charge in [-0.05, 0) is 103 Å². The normalized spacial score (nSPS) is 12.8. The quantitative estimate of drug-likeness (QED) is 0.175. The SMILES string of the molecule is CC1(C)c2ccccc2-c2c(-c3ccccc3)c(-c3ccc(N(c4ccccc4)c4ccc(-c5ccccc5)cc4)cc3)c3ccccc3c21. The summed E-state index contributed by atoms with van der Waals surface area (Å²) in [4.78, 5) is 2.34. The number of hydrogen-bond donors (Lipinski definition) is 0. The molecular weight excluding hydrogens is 603 g/mol. The second kappa shape index (κ2) is 12.1. The molecule has 50 heavy (non-hydrogen) atoms. The van der Waals surface area contributed by atoms with Crippen molar-refractivity contribution in [1.29, 1.82) is 0 Å². The Hall–Kier alpha value is -6.18. The summed E-state index contributed by atoms with van der Waals surface area (Å²) in [5, 5.41) is 2.61. The molecule has 0 saturated carbocycles. The summed E-state index contributed by atoms with van der Waals surface area (Å²) < 4.78 is 0. The highest BCUT2D eigenvalue weighted by Gasteiger charge is 2.39. The number of hydrogen-bond acceptors (Lipinski definition) is 1. The van der Waals surface area contributed by atoms with E-state index in [1.54, 1.807) is 0 Å². The molecule has 1 heteroatoms. The van der Waals surface area contributed by atoms with Crippen molar-refractivity contribution in [2.75, 3.05) is 4.90 Å². The number of anilines is 3. The van der Waals surface area contributed by atoms with Crippen molar-refractivity contribution in [2.45, 2.75) is 19.3 Å². The van der Waals surface area contributed by atoms with Gasteiger partial charge in [0.1, 0.15) is 0 Å². The Bertz CT molecular complexity index is 2460. The Balaban J connectivity index is 1.24. The van der Waals surface area contributed by atoms with Crippen molar-refractivity contribution in [3.05, 3.63) is 199 Å². The van der Waals surface area contributed by atoms with Crippen LogP contribution >= 0.6 is 0 Å². The van der Waals surface area contributed by atoms with E-state index in [1.165, 1.54) is 66.4 Å². The van der Waals surface area contributed by atoms with Crippen molar-refractivity contribution < 1.29 is 0 Å². The molecule has 0 spiro atoms. The molecule has 0 unspecified atom stereocenters. The summed E-state index contributed by atoms with van der Waals surface area (Å²) >= 11 is 0. The smallest absolute Gasteiger partial charge is 0.0462 e. The van der Waals surface area contributed by atoms with Gasteiger partial charge in [0.05, 0.1) is 0 Å². The molecule has 0 heterocycles. The minimum absolute atomic E-state index is 0.121. The third-order valence-corrected chi connectivity index (χ3v) is 10.4. The molecule has 8 aromatic carbocycles. The van der Waals surface area contributed by atoms with Crippen LogP contribution in [0.25, 0.3) is 55.3 Å². The molecule has 0 atom stereocenters. The fourth-order valence-corrected chi connectivity index (χ4v) is 8.17. The summed E-state index contributed by atoms with van der Waals surface area (Å²) in [6.45, 7) is 4.77. The molecule has 1 nitrogen and oxygen atoms in total. The lowest BCUT2D eigenvalue weighted by molar-refractivity contribution is 0.666.